The summed E-state index contributed by atoms with van der Waals surface area (Å²) in [6, 6.07) is 10.00. The smallest absolute Gasteiger partial charge is 0.312 e. The van der Waals surface area contributed by atoms with Crippen LogP contribution >= 0.6 is 0 Å². The molecule has 8 heteroatoms. The lowest BCUT2D eigenvalue weighted by Gasteiger charge is -2.37. The molecule has 2 heterocycles. The summed E-state index contributed by atoms with van der Waals surface area (Å²) in [5, 5.41) is 2.74. The molecule has 4 amide bonds. The van der Waals surface area contributed by atoms with Gasteiger partial charge in [-0.15, -0.1) is 0 Å². The van der Waals surface area contributed by atoms with Crippen molar-refractivity contribution in [2.24, 2.45) is 5.92 Å². The van der Waals surface area contributed by atoms with Crippen molar-refractivity contribution in [3.8, 4) is 0 Å². The van der Waals surface area contributed by atoms with E-state index in [1.54, 1.807) is 14.7 Å². The second kappa shape index (κ2) is 12.9. The molecule has 3 fully saturated rings. The first-order chi connectivity index (χ1) is 17.5. The molecule has 8 nitrogen and oxygen atoms in total. The predicted octanol–water partition coefficient (Wildman–Crippen LogP) is 2.37. The number of nitrogens with zero attached hydrogens (tertiary/aromatic N) is 3. The second-order valence-corrected chi connectivity index (χ2v) is 10.5. The van der Waals surface area contributed by atoms with Gasteiger partial charge in [0.25, 0.3) is 0 Å². The lowest BCUT2D eigenvalue weighted by atomic mass is 9.86. The van der Waals surface area contributed by atoms with Crippen LogP contribution in [0, 0.1) is 5.92 Å². The van der Waals surface area contributed by atoms with E-state index in [0.717, 1.165) is 37.7 Å². The van der Waals surface area contributed by atoms with Crippen LogP contribution in [0.15, 0.2) is 30.3 Å². The maximum absolute atomic E-state index is 12.6. The number of amides is 4. The molecule has 1 aromatic carbocycles. The second-order valence-electron chi connectivity index (χ2n) is 10.5. The number of carbonyl (C=O) groups excluding carboxylic acids is 4. The highest BCUT2D eigenvalue weighted by Gasteiger charge is 2.34. The first-order valence-corrected chi connectivity index (χ1v) is 13.7. The Balaban J connectivity index is 1.19. The van der Waals surface area contributed by atoms with Crippen LogP contribution in [0.3, 0.4) is 0 Å². The van der Waals surface area contributed by atoms with Gasteiger partial charge in [-0.25, -0.2) is 0 Å². The quantitative estimate of drug-likeness (QED) is 0.376. The summed E-state index contributed by atoms with van der Waals surface area (Å²) >= 11 is 0. The molecule has 0 unspecified atom stereocenters. The molecular formula is C28H40N4O4. The number of piperazine rings is 2. The van der Waals surface area contributed by atoms with Gasteiger partial charge < -0.3 is 20.0 Å². The van der Waals surface area contributed by atoms with Gasteiger partial charge in [0.05, 0.1) is 0 Å². The normalized spacial score (nSPS) is 21.8. The van der Waals surface area contributed by atoms with Crippen molar-refractivity contribution in [2.75, 3.05) is 39.3 Å². The molecule has 3 aliphatic rings. The molecular weight excluding hydrogens is 456 g/mol. The molecule has 2 saturated heterocycles. The van der Waals surface area contributed by atoms with Crippen LogP contribution in [0.5, 0.6) is 0 Å². The van der Waals surface area contributed by atoms with Crippen LogP contribution in [0.2, 0.25) is 0 Å². The fourth-order valence-corrected chi connectivity index (χ4v) is 5.77. The first-order valence-electron chi connectivity index (χ1n) is 13.7. The van der Waals surface area contributed by atoms with Crippen molar-refractivity contribution in [1.29, 1.82) is 0 Å². The molecule has 1 aromatic rings. The molecule has 1 atom stereocenters. The van der Waals surface area contributed by atoms with Crippen molar-refractivity contribution in [3.63, 3.8) is 0 Å². The van der Waals surface area contributed by atoms with Crippen LogP contribution in [0.1, 0.15) is 63.4 Å². The highest BCUT2D eigenvalue weighted by Crippen LogP contribution is 2.27. The fraction of sp³-hybridized carbons (Fsp3) is 0.643. The van der Waals surface area contributed by atoms with Gasteiger partial charge >= 0.3 is 23.6 Å². The monoisotopic (exact) mass is 496 g/mol. The Kier molecular flexibility index (Phi) is 9.36. The Morgan fingerprint density at radius 3 is 2.17 bits per heavy atom. The number of nitrogens with one attached hydrogen (secondary N) is 1. The van der Waals surface area contributed by atoms with E-state index in [-0.39, 0.29) is 6.04 Å². The molecule has 1 N–H and O–H groups in total. The van der Waals surface area contributed by atoms with Gasteiger partial charge in [-0.05, 0) is 43.6 Å². The van der Waals surface area contributed by atoms with Crippen LogP contribution in [-0.4, -0.2) is 83.6 Å². The topological polar surface area (TPSA) is 90.0 Å². The summed E-state index contributed by atoms with van der Waals surface area (Å²) < 4.78 is 0. The van der Waals surface area contributed by atoms with Gasteiger partial charge in [0, 0.05) is 45.3 Å². The Morgan fingerprint density at radius 2 is 1.44 bits per heavy atom. The van der Waals surface area contributed by atoms with E-state index in [4.69, 9.17) is 0 Å². The number of rotatable bonds is 11. The van der Waals surface area contributed by atoms with E-state index in [2.05, 4.69) is 5.32 Å². The lowest BCUT2D eigenvalue weighted by Crippen LogP contribution is -2.58. The predicted molar refractivity (Wildman–Crippen MR) is 137 cm³/mol. The Labute approximate surface area is 214 Å². The molecule has 0 bridgehead atoms. The Hall–Kier alpha value is -2.90. The Bertz CT molecular complexity index is 915. The minimum absolute atomic E-state index is 0.00552. The van der Waals surface area contributed by atoms with Crippen molar-refractivity contribution in [3.05, 3.63) is 35.9 Å². The molecule has 0 aromatic heterocycles. The minimum Gasteiger partial charge on any atom is -0.346 e. The zero-order valence-corrected chi connectivity index (χ0v) is 21.3. The van der Waals surface area contributed by atoms with Crippen LogP contribution in [0.25, 0.3) is 0 Å². The third-order valence-corrected chi connectivity index (χ3v) is 8.02. The molecule has 0 spiro atoms. The fourth-order valence-electron chi connectivity index (χ4n) is 5.77. The van der Waals surface area contributed by atoms with Crippen molar-refractivity contribution in [1.82, 2.24) is 20.0 Å². The summed E-state index contributed by atoms with van der Waals surface area (Å²) in [5.41, 5.74) is 1.16. The standard InChI is InChI=1S/C28H40N4O4/c33-25-26(34)32(18-15-23-11-5-2-6-12-23)24(21-29-25)13-7-8-16-30-19-20-31(28(36)27(30)35)17-14-22-9-3-1-4-10-22/h1,3-4,9-10,23-24H,2,5-8,11-21H2,(H,29,33)/t24-/m1/s1. The summed E-state index contributed by atoms with van der Waals surface area (Å²) in [6.07, 6.45) is 10.4. The summed E-state index contributed by atoms with van der Waals surface area (Å²) in [5.74, 6) is -1.07. The average molecular weight is 497 g/mol. The summed E-state index contributed by atoms with van der Waals surface area (Å²) in [6.45, 7) is 3.37. The van der Waals surface area contributed by atoms with Crippen molar-refractivity contribution in [2.45, 2.75) is 70.3 Å². The van der Waals surface area contributed by atoms with Crippen LogP contribution in [-0.2, 0) is 25.6 Å². The molecule has 4 rings (SSSR count). The number of unbranched alkanes of at least 4 members (excludes halogenated alkanes) is 1. The maximum Gasteiger partial charge on any atom is 0.312 e. The maximum atomic E-state index is 12.6. The van der Waals surface area contributed by atoms with Gasteiger partial charge in [-0.3, -0.25) is 19.2 Å². The number of hydrogen-bond acceptors (Lipinski definition) is 4. The van der Waals surface area contributed by atoms with E-state index in [0.29, 0.717) is 45.2 Å². The first kappa shape index (κ1) is 26.2. The van der Waals surface area contributed by atoms with E-state index in [9.17, 15) is 19.2 Å². The van der Waals surface area contributed by atoms with Crippen LogP contribution in [0.4, 0.5) is 0 Å². The number of carbonyl (C=O) groups is 4. The van der Waals surface area contributed by atoms with Crippen LogP contribution < -0.4 is 5.32 Å². The molecule has 196 valence electrons. The SMILES string of the molecule is O=C1NC[C@@H](CCCCN2CCN(CCc3ccccc3)C(=O)C2=O)N(CCC2CCCCC2)C1=O. The molecule has 36 heavy (non-hydrogen) atoms. The van der Waals surface area contributed by atoms with Gasteiger partial charge in [0.1, 0.15) is 0 Å². The highest BCUT2D eigenvalue weighted by atomic mass is 16.2. The van der Waals surface area contributed by atoms with Crippen molar-refractivity contribution >= 4 is 23.6 Å². The average Bonchev–Trinajstić information content (AvgIpc) is 2.91. The van der Waals surface area contributed by atoms with E-state index in [1.807, 2.05) is 30.3 Å². The number of benzene rings is 1. The zero-order valence-electron chi connectivity index (χ0n) is 21.3. The lowest BCUT2D eigenvalue weighted by molar-refractivity contribution is -0.156. The third-order valence-electron chi connectivity index (χ3n) is 8.02. The zero-order chi connectivity index (χ0) is 25.3. The summed E-state index contributed by atoms with van der Waals surface area (Å²) in [7, 11) is 0. The highest BCUT2D eigenvalue weighted by molar-refractivity contribution is 6.36. The largest absolute Gasteiger partial charge is 0.346 e. The van der Waals surface area contributed by atoms with Gasteiger partial charge in [0.2, 0.25) is 0 Å². The van der Waals surface area contributed by atoms with Gasteiger partial charge in [0.15, 0.2) is 0 Å². The molecule has 1 aliphatic carbocycles. The van der Waals surface area contributed by atoms with Crippen molar-refractivity contribution < 1.29 is 19.2 Å². The molecule has 1 saturated carbocycles. The number of hydrogen-bond donors (Lipinski definition) is 1. The molecule has 2 aliphatic heterocycles. The van der Waals surface area contributed by atoms with Gasteiger partial charge in [-0.2, -0.15) is 0 Å². The van der Waals surface area contributed by atoms with Gasteiger partial charge in [-0.1, -0.05) is 62.4 Å². The Morgan fingerprint density at radius 1 is 0.750 bits per heavy atom. The van der Waals surface area contributed by atoms with E-state index in [1.165, 1.54) is 32.1 Å². The third kappa shape index (κ3) is 6.86. The van der Waals surface area contributed by atoms with E-state index >= 15 is 0 Å². The van der Waals surface area contributed by atoms with E-state index < -0.39 is 23.6 Å². The minimum atomic E-state index is -0.496. The summed E-state index contributed by atoms with van der Waals surface area (Å²) in [4.78, 5) is 54.9. The molecule has 0 radical (unpaired) electrons.